The summed E-state index contributed by atoms with van der Waals surface area (Å²) < 4.78 is 16.6. The predicted octanol–water partition coefficient (Wildman–Crippen LogP) is 2.80. The fourth-order valence-corrected chi connectivity index (χ4v) is 2.91. The number of hydrogen-bond acceptors (Lipinski definition) is 5. The molecule has 0 bridgehead atoms. The number of amides is 1. The van der Waals surface area contributed by atoms with Crippen molar-refractivity contribution in [3.8, 4) is 0 Å². The molecule has 0 spiro atoms. The number of ether oxygens (including phenoxy) is 3. The molecule has 22 heavy (non-hydrogen) atoms. The highest BCUT2D eigenvalue weighted by Crippen LogP contribution is 2.25. The Morgan fingerprint density at radius 2 is 2.18 bits per heavy atom. The summed E-state index contributed by atoms with van der Waals surface area (Å²) in [5.41, 5.74) is 0.959. The number of rotatable bonds is 6. The van der Waals surface area contributed by atoms with E-state index < -0.39 is 11.9 Å². The van der Waals surface area contributed by atoms with E-state index in [1.54, 1.807) is 11.8 Å². The highest BCUT2D eigenvalue weighted by Gasteiger charge is 2.38. The quantitative estimate of drug-likeness (QED) is 0.871. The molecule has 2 atom stereocenters. The van der Waals surface area contributed by atoms with Crippen molar-refractivity contribution in [2.75, 3.05) is 18.6 Å². The Labute approximate surface area is 135 Å². The molecular formula is C16H23NO4S. The molecule has 1 saturated heterocycles. The van der Waals surface area contributed by atoms with Crippen LogP contribution in [0.4, 0.5) is 4.79 Å². The first-order valence-corrected chi connectivity index (χ1v) is 8.67. The van der Waals surface area contributed by atoms with Crippen LogP contribution in [0.15, 0.2) is 30.3 Å². The van der Waals surface area contributed by atoms with E-state index in [2.05, 4.69) is 5.32 Å². The first-order chi connectivity index (χ1) is 10.5. The molecule has 0 saturated carbocycles. The molecule has 5 nitrogen and oxygen atoms in total. The highest BCUT2D eigenvalue weighted by molar-refractivity contribution is 7.98. The van der Waals surface area contributed by atoms with Gasteiger partial charge >= 0.3 is 6.09 Å². The molecule has 0 aliphatic carbocycles. The summed E-state index contributed by atoms with van der Waals surface area (Å²) in [6.07, 6.45) is 1.40. The Bertz CT molecular complexity index is 480. The largest absolute Gasteiger partial charge is 0.445 e. The molecule has 1 aliphatic heterocycles. The van der Waals surface area contributed by atoms with Gasteiger partial charge in [-0.3, -0.25) is 0 Å². The van der Waals surface area contributed by atoms with Crippen molar-refractivity contribution in [2.24, 2.45) is 0 Å². The van der Waals surface area contributed by atoms with E-state index in [-0.39, 0.29) is 18.8 Å². The van der Waals surface area contributed by atoms with Crippen LogP contribution in [0, 0.1) is 0 Å². The number of hydrogen-bond donors (Lipinski definition) is 1. The Morgan fingerprint density at radius 1 is 1.45 bits per heavy atom. The topological polar surface area (TPSA) is 56.8 Å². The monoisotopic (exact) mass is 325 g/mol. The Balaban J connectivity index is 1.84. The van der Waals surface area contributed by atoms with E-state index in [1.807, 2.05) is 50.4 Å². The number of thioether (sulfide) groups is 1. The van der Waals surface area contributed by atoms with E-state index in [0.717, 1.165) is 11.3 Å². The van der Waals surface area contributed by atoms with E-state index in [9.17, 15) is 4.79 Å². The minimum Gasteiger partial charge on any atom is -0.445 e. The SMILES string of the molecule is CSC[C@H](NC(=O)OCc1ccccc1)[C@H]1COC(C)(C)O1. The maximum absolute atomic E-state index is 12.0. The van der Waals surface area contributed by atoms with E-state index >= 15 is 0 Å². The molecule has 1 heterocycles. The molecule has 0 aromatic heterocycles. The number of carbonyl (C=O) groups excluding carboxylic acids is 1. The molecule has 1 N–H and O–H groups in total. The number of benzene rings is 1. The van der Waals surface area contributed by atoms with Gasteiger partial charge in [0.1, 0.15) is 12.7 Å². The molecule has 6 heteroatoms. The maximum atomic E-state index is 12.0. The Hall–Kier alpha value is -1.24. The van der Waals surface area contributed by atoms with Crippen molar-refractivity contribution in [1.29, 1.82) is 0 Å². The van der Waals surface area contributed by atoms with Gasteiger partial charge in [-0.25, -0.2) is 4.79 Å². The standard InChI is InChI=1S/C16H23NO4S/c1-16(2)20-10-14(21-16)13(11-22-3)17-15(18)19-9-12-7-5-4-6-8-12/h4-8,13-14H,9-11H2,1-3H3,(H,17,18)/t13-,14+/m0/s1. The van der Waals surface area contributed by atoms with Gasteiger partial charge in [-0.2, -0.15) is 11.8 Å². The van der Waals surface area contributed by atoms with Crippen molar-refractivity contribution in [2.45, 2.75) is 38.4 Å². The lowest BCUT2D eigenvalue weighted by molar-refractivity contribution is -0.140. The van der Waals surface area contributed by atoms with Crippen LogP contribution < -0.4 is 5.32 Å². The van der Waals surface area contributed by atoms with Gasteiger partial charge in [-0.15, -0.1) is 0 Å². The highest BCUT2D eigenvalue weighted by atomic mass is 32.2. The van der Waals surface area contributed by atoms with Gasteiger partial charge in [0.15, 0.2) is 5.79 Å². The van der Waals surface area contributed by atoms with Crippen LogP contribution in [0.2, 0.25) is 0 Å². The average Bonchev–Trinajstić information content (AvgIpc) is 2.86. The fraction of sp³-hybridized carbons (Fsp3) is 0.562. The van der Waals surface area contributed by atoms with Crippen molar-refractivity contribution >= 4 is 17.9 Å². The molecule has 0 unspecified atom stereocenters. The van der Waals surface area contributed by atoms with Crippen molar-refractivity contribution in [3.05, 3.63) is 35.9 Å². The molecule has 1 aromatic carbocycles. The van der Waals surface area contributed by atoms with Gasteiger partial charge in [0, 0.05) is 5.75 Å². The predicted molar refractivity (Wildman–Crippen MR) is 86.8 cm³/mol. The summed E-state index contributed by atoms with van der Waals surface area (Å²) in [5.74, 6) is 0.140. The summed E-state index contributed by atoms with van der Waals surface area (Å²) in [6.45, 7) is 4.47. The number of nitrogens with one attached hydrogen (secondary N) is 1. The summed E-state index contributed by atoms with van der Waals surface area (Å²) in [4.78, 5) is 12.0. The van der Waals surface area contributed by atoms with E-state index in [0.29, 0.717) is 6.61 Å². The van der Waals surface area contributed by atoms with Crippen LogP contribution in [0.5, 0.6) is 0 Å². The minimum atomic E-state index is -0.600. The number of alkyl carbamates (subject to hydrolysis) is 1. The lowest BCUT2D eigenvalue weighted by atomic mass is 10.2. The summed E-state index contributed by atoms with van der Waals surface area (Å²) in [7, 11) is 0. The second kappa shape index (κ2) is 7.85. The van der Waals surface area contributed by atoms with E-state index in [4.69, 9.17) is 14.2 Å². The molecular weight excluding hydrogens is 302 g/mol. The molecule has 1 amide bonds. The molecule has 1 aliphatic rings. The third-order valence-corrected chi connectivity index (χ3v) is 4.03. The molecule has 0 radical (unpaired) electrons. The zero-order chi connectivity index (χ0) is 16.0. The first kappa shape index (κ1) is 17.1. The van der Waals surface area contributed by atoms with Gasteiger partial charge in [0.2, 0.25) is 0 Å². The van der Waals surface area contributed by atoms with Crippen molar-refractivity contribution < 1.29 is 19.0 Å². The lowest BCUT2D eigenvalue weighted by Crippen LogP contribution is -2.46. The fourth-order valence-electron chi connectivity index (χ4n) is 2.25. The van der Waals surface area contributed by atoms with Crippen LogP contribution >= 0.6 is 11.8 Å². The zero-order valence-corrected chi connectivity index (χ0v) is 14.0. The van der Waals surface area contributed by atoms with Crippen LogP contribution in [0.3, 0.4) is 0 Å². The van der Waals surface area contributed by atoms with Crippen LogP contribution in [0.1, 0.15) is 19.4 Å². The molecule has 2 rings (SSSR count). The zero-order valence-electron chi connectivity index (χ0n) is 13.2. The lowest BCUT2D eigenvalue weighted by Gasteiger charge is -2.24. The normalized spacial score (nSPS) is 21.3. The molecule has 122 valence electrons. The minimum absolute atomic E-state index is 0.139. The van der Waals surface area contributed by atoms with Gasteiger partial charge in [-0.1, -0.05) is 30.3 Å². The average molecular weight is 325 g/mol. The summed E-state index contributed by atoms with van der Waals surface area (Å²) in [6, 6.07) is 9.46. The molecule has 1 fully saturated rings. The summed E-state index contributed by atoms with van der Waals surface area (Å²) in [5, 5.41) is 2.88. The smallest absolute Gasteiger partial charge is 0.407 e. The van der Waals surface area contributed by atoms with Gasteiger partial charge in [-0.05, 0) is 25.7 Å². The summed E-state index contributed by atoms with van der Waals surface area (Å²) >= 11 is 1.65. The van der Waals surface area contributed by atoms with Crippen LogP contribution in [-0.2, 0) is 20.8 Å². The number of carbonyl (C=O) groups is 1. The van der Waals surface area contributed by atoms with Gasteiger partial charge in [0.25, 0.3) is 0 Å². The van der Waals surface area contributed by atoms with Crippen molar-refractivity contribution in [3.63, 3.8) is 0 Å². The Kier molecular flexibility index (Phi) is 6.11. The molecule has 1 aromatic rings. The third-order valence-electron chi connectivity index (χ3n) is 3.34. The van der Waals surface area contributed by atoms with Gasteiger partial charge in [0.05, 0.1) is 12.6 Å². The van der Waals surface area contributed by atoms with E-state index in [1.165, 1.54) is 0 Å². The first-order valence-electron chi connectivity index (χ1n) is 7.28. The second-order valence-corrected chi connectivity index (χ2v) is 6.55. The van der Waals surface area contributed by atoms with Crippen LogP contribution in [-0.4, -0.2) is 42.6 Å². The van der Waals surface area contributed by atoms with Crippen LogP contribution in [0.25, 0.3) is 0 Å². The van der Waals surface area contributed by atoms with Crippen molar-refractivity contribution in [1.82, 2.24) is 5.32 Å². The second-order valence-electron chi connectivity index (χ2n) is 5.64. The third kappa shape index (κ3) is 5.19. The Morgan fingerprint density at radius 3 is 2.77 bits per heavy atom. The van der Waals surface area contributed by atoms with Gasteiger partial charge < -0.3 is 19.5 Å². The maximum Gasteiger partial charge on any atom is 0.407 e.